The lowest BCUT2D eigenvalue weighted by Gasteiger charge is -2.13. The van der Waals surface area contributed by atoms with Crippen LogP contribution in [0.15, 0.2) is 36.4 Å². The molecule has 5 heteroatoms. The van der Waals surface area contributed by atoms with E-state index in [0.717, 1.165) is 45.5 Å². The van der Waals surface area contributed by atoms with Crippen LogP contribution in [-0.2, 0) is 11.3 Å². The Kier molecular flexibility index (Phi) is 2.82. The number of aromatic nitrogens is 2. The van der Waals surface area contributed by atoms with Gasteiger partial charge in [0, 0.05) is 24.0 Å². The van der Waals surface area contributed by atoms with Crippen LogP contribution in [0.3, 0.4) is 0 Å². The Hall–Kier alpha value is -2.66. The molecule has 1 N–H and O–H groups in total. The molecule has 24 heavy (non-hydrogen) atoms. The average Bonchev–Trinajstić information content (AvgIpc) is 3.27. The standard InChI is InChI=1S/C19H17N3O2/c1-11-16-7-12(5-6-18(16)21-20-11)14-3-2-4-15-17(14)9-22(19(15)23)8-13-10-24-13/h2-7,13H,8-10H2,1H3,(H,20,21). The van der Waals surface area contributed by atoms with Gasteiger partial charge in [0.05, 0.1) is 23.9 Å². The zero-order valence-corrected chi connectivity index (χ0v) is 13.4. The molecule has 1 atom stereocenters. The number of nitrogens with zero attached hydrogens (tertiary/aromatic N) is 2. The molecule has 2 aromatic carbocycles. The zero-order valence-electron chi connectivity index (χ0n) is 13.4. The molecule has 3 aromatic rings. The van der Waals surface area contributed by atoms with Crippen molar-refractivity contribution in [2.24, 2.45) is 0 Å². The van der Waals surface area contributed by atoms with Gasteiger partial charge >= 0.3 is 0 Å². The molecular weight excluding hydrogens is 302 g/mol. The van der Waals surface area contributed by atoms with E-state index in [2.05, 4.69) is 34.5 Å². The molecule has 1 saturated heterocycles. The van der Waals surface area contributed by atoms with Crippen molar-refractivity contribution in [3.8, 4) is 11.1 Å². The summed E-state index contributed by atoms with van der Waals surface area (Å²) >= 11 is 0. The number of carbonyl (C=O) groups excluding carboxylic acids is 1. The molecule has 5 nitrogen and oxygen atoms in total. The fourth-order valence-corrected chi connectivity index (χ4v) is 3.54. The molecule has 120 valence electrons. The average molecular weight is 319 g/mol. The van der Waals surface area contributed by atoms with E-state index in [0.29, 0.717) is 13.1 Å². The van der Waals surface area contributed by atoms with Crippen molar-refractivity contribution in [3.05, 3.63) is 53.2 Å². The third-order valence-corrected chi connectivity index (χ3v) is 4.93. The van der Waals surface area contributed by atoms with E-state index in [4.69, 9.17) is 4.74 Å². The molecule has 3 heterocycles. The van der Waals surface area contributed by atoms with Crippen molar-refractivity contribution >= 4 is 16.8 Å². The summed E-state index contributed by atoms with van der Waals surface area (Å²) in [6.07, 6.45) is 0.219. The molecule has 0 saturated carbocycles. The van der Waals surface area contributed by atoms with Gasteiger partial charge in [0.1, 0.15) is 0 Å². The van der Waals surface area contributed by atoms with Crippen LogP contribution >= 0.6 is 0 Å². The van der Waals surface area contributed by atoms with Gasteiger partial charge in [-0.2, -0.15) is 5.10 Å². The second-order valence-corrected chi connectivity index (χ2v) is 6.54. The SMILES string of the molecule is Cc1n[nH]c2ccc(-c3cccc4c3CN(CC3CO3)C4=O)cc12. The molecule has 1 fully saturated rings. The zero-order chi connectivity index (χ0) is 16.3. The third-order valence-electron chi connectivity index (χ3n) is 4.93. The van der Waals surface area contributed by atoms with Crippen LogP contribution in [0.4, 0.5) is 0 Å². The third kappa shape index (κ3) is 2.05. The van der Waals surface area contributed by atoms with Crippen molar-refractivity contribution in [2.75, 3.05) is 13.2 Å². The summed E-state index contributed by atoms with van der Waals surface area (Å²) < 4.78 is 5.28. The van der Waals surface area contributed by atoms with Crippen LogP contribution in [0.25, 0.3) is 22.0 Å². The van der Waals surface area contributed by atoms with Crippen LogP contribution in [0, 0.1) is 6.92 Å². The number of aryl methyl sites for hydroxylation is 1. The van der Waals surface area contributed by atoms with Gasteiger partial charge in [0.25, 0.3) is 5.91 Å². The van der Waals surface area contributed by atoms with E-state index in [9.17, 15) is 4.79 Å². The highest BCUT2D eigenvalue weighted by atomic mass is 16.6. The first kappa shape index (κ1) is 13.7. The van der Waals surface area contributed by atoms with E-state index in [1.54, 1.807) is 0 Å². The Balaban J connectivity index is 1.59. The van der Waals surface area contributed by atoms with E-state index in [1.165, 1.54) is 0 Å². The van der Waals surface area contributed by atoms with Gasteiger partial charge in [-0.1, -0.05) is 18.2 Å². The number of aromatic amines is 1. The number of benzene rings is 2. The van der Waals surface area contributed by atoms with Gasteiger partial charge in [-0.25, -0.2) is 0 Å². The Labute approximate surface area is 139 Å². The number of hydrogen-bond acceptors (Lipinski definition) is 3. The van der Waals surface area contributed by atoms with E-state index >= 15 is 0 Å². The predicted molar refractivity (Wildman–Crippen MR) is 90.7 cm³/mol. The lowest BCUT2D eigenvalue weighted by molar-refractivity contribution is 0.0766. The summed E-state index contributed by atoms with van der Waals surface area (Å²) in [7, 11) is 0. The minimum atomic E-state index is 0.114. The molecule has 1 amide bonds. The van der Waals surface area contributed by atoms with Crippen molar-refractivity contribution < 1.29 is 9.53 Å². The summed E-state index contributed by atoms with van der Waals surface area (Å²) in [5.74, 6) is 0.114. The van der Waals surface area contributed by atoms with Crippen LogP contribution in [0.2, 0.25) is 0 Å². The topological polar surface area (TPSA) is 61.5 Å². The Morgan fingerprint density at radius 2 is 2.12 bits per heavy atom. The first-order chi connectivity index (χ1) is 11.7. The predicted octanol–water partition coefficient (Wildman–Crippen LogP) is 2.89. The van der Waals surface area contributed by atoms with Gasteiger partial charge in [-0.15, -0.1) is 0 Å². The lowest BCUT2D eigenvalue weighted by Crippen LogP contribution is -2.28. The number of carbonyl (C=O) groups is 1. The van der Waals surface area contributed by atoms with E-state index in [-0.39, 0.29) is 12.0 Å². The number of ether oxygens (including phenoxy) is 1. The minimum absolute atomic E-state index is 0.114. The lowest BCUT2D eigenvalue weighted by atomic mass is 9.96. The molecule has 0 spiro atoms. The smallest absolute Gasteiger partial charge is 0.254 e. The van der Waals surface area contributed by atoms with Gasteiger partial charge in [-0.05, 0) is 41.8 Å². The Morgan fingerprint density at radius 3 is 2.96 bits per heavy atom. The fourth-order valence-electron chi connectivity index (χ4n) is 3.54. The summed E-state index contributed by atoms with van der Waals surface area (Å²) in [5, 5.41) is 8.42. The van der Waals surface area contributed by atoms with Crippen LogP contribution in [-0.4, -0.2) is 40.3 Å². The van der Waals surface area contributed by atoms with Gasteiger partial charge < -0.3 is 9.64 Å². The molecule has 0 aliphatic carbocycles. The Morgan fingerprint density at radius 1 is 1.29 bits per heavy atom. The largest absolute Gasteiger partial charge is 0.371 e. The number of nitrogens with one attached hydrogen (secondary N) is 1. The number of amides is 1. The molecule has 1 aromatic heterocycles. The molecule has 2 aliphatic rings. The first-order valence-electron chi connectivity index (χ1n) is 8.18. The minimum Gasteiger partial charge on any atom is -0.371 e. The summed E-state index contributed by atoms with van der Waals surface area (Å²) in [6.45, 7) is 4.11. The fraction of sp³-hybridized carbons (Fsp3) is 0.263. The monoisotopic (exact) mass is 319 g/mol. The van der Waals surface area contributed by atoms with Crippen molar-refractivity contribution in [1.82, 2.24) is 15.1 Å². The van der Waals surface area contributed by atoms with Gasteiger partial charge in [-0.3, -0.25) is 9.89 Å². The Bertz CT molecular complexity index is 972. The highest BCUT2D eigenvalue weighted by molar-refractivity contribution is 6.01. The molecule has 1 unspecified atom stereocenters. The van der Waals surface area contributed by atoms with Crippen molar-refractivity contribution in [3.63, 3.8) is 0 Å². The number of hydrogen-bond donors (Lipinski definition) is 1. The van der Waals surface area contributed by atoms with Crippen LogP contribution in [0.1, 0.15) is 21.6 Å². The second kappa shape index (κ2) is 4.92. The summed E-state index contributed by atoms with van der Waals surface area (Å²) in [5.41, 5.74) is 6.21. The maximum Gasteiger partial charge on any atom is 0.254 e. The number of rotatable bonds is 3. The maximum atomic E-state index is 12.6. The number of fused-ring (bicyclic) bond motifs is 2. The first-order valence-corrected chi connectivity index (χ1v) is 8.18. The summed E-state index contributed by atoms with van der Waals surface area (Å²) in [4.78, 5) is 14.5. The van der Waals surface area contributed by atoms with Crippen molar-refractivity contribution in [1.29, 1.82) is 0 Å². The summed E-state index contributed by atoms with van der Waals surface area (Å²) in [6, 6.07) is 12.3. The van der Waals surface area contributed by atoms with E-state index in [1.807, 2.05) is 24.0 Å². The second-order valence-electron chi connectivity index (χ2n) is 6.54. The number of epoxide rings is 1. The molecule has 0 radical (unpaired) electrons. The molecule has 5 rings (SSSR count). The van der Waals surface area contributed by atoms with Crippen LogP contribution < -0.4 is 0 Å². The van der Waals surface area contributed by atoms with Crippen LogP contribution in [0.5, 0.6) is 0 Å². The highest BCUT2D eigenvalue weighted by Crippen LogP contribution is 2.34. The normalized spacial score (nSPS) is 19.1. The highest BCUT2D eigenvalue weighted by Gasteiger charge is 2.34. The van der Waals surface area contributed by atoms with Gasteiger partial charge in [0.15, 0.2) is 0 Å². The van der Waals surface area contributed by atoms with E-state index < -0.39 is 0 Å². The van der Waals surface area contributed by atoms with Gasteiger partial charge in [0.2, 0.25) is 0 Å². The molecule has 2 aliphatic heterocycles. The maximum absolute atomic E-state index is 12.6. The molecular formula is C19H17N3O2. The van der Waals surface area contributed by atoms with Crippen molar-refractivity contribution in [2.45, 2.75) is 19.6 Å². The number of H-pyrrole nitrogens is 1. The quantitative estimate of drug-likeness (QED) is 0.755. The molecule has 0 bridgehead atoms.